The van der Waals surface area contributed by atoms with Crippen molar-refractivity contribution in [1.29, 1.82) is 0 Å². The Morgan fingerprint density at radius 3 is 2.55 bits per heavy atom. The molecular formula is C7H10ClN3. The Kier molecular flexibility index (Phi) is 2.11. The number of nitrogens with zero attached hydrogens (tertiary/aromatic N) is 2. The van der Waals surface area contributed by atoms with Crippen LogP contribution >= 0.6 is 12.4 Å². The maximum absolute atomic E-state index is 5.87. The highest BCUT2D eigenvalue weighted by Crippen LogP contribution is 2.40. The van der Waals surface area contributed by atoms with Gasteiger partial charge in [0.1, 0.15) is 0 Å². The molecule has 1 saturated carbocycles. The third-order valence-corrected chi connectivity index (χ3v) is 1.86. The van der Waals surface area contributed by atoms with E-state index in [1.165, 1.54) is 0 Å². The Balaban J connectivity index is 0.000000605. The fourth-order valence-corrected chi connectivity index (χ4v) is 0.947. The minimum Gasteiger partial charge on any atom is -0.320 e. The van der Waals surface area contributed by atoms with Gasteiger partial charge in [0.25, 0.3) is 0 Å². The molecule has 2 rings (SSSR count). The number of hydrogen-bond donors (Lipinski definition) is 1. The van der Waals surface area contributed by atoms with Crippen molar-refractivity contribution in [2.24, 2.45) is 5.73 Å². The summed E-state index contributed by atoms with van der Waals surface area (Å²) in [5.41, 5.74) is 6.66. The zero-order chi connectivity index (χ0) is 7.03. The highest BCUT2D eigenvalue weighted by atomic mass is 35.5. The highest BCUT2D eigenvalue weighted by molar-refractivity contribution is 5.85. The van der Waals surface area contributed by atoms with Crippen molar-refractivity contribution in [2.75, 3.05) is 0 Å². The average Bonchev–Trinajstić information content (AvgIpc) is 2.72. The van der Waals surface area contributed by atoms with Crippen molar-refractivity contribution in [1.82, 2.24) is 9.97 Å². The van der Waals surface area contributed by atoms with Gasteiger partial charge in [-0.1, -0.05) is 0 Å². The summed E-state index contributed by atoms with van der Waals surface area (Å²) in [5, 5.41) is 0. The Morgan fingerprint density at radius 2 is 2.09 bits per heavy atom. The van der Waals surface area contributed by atoms with Crippen molar-refractivity contribution in [3.05, 3.63) is 24.3 Å². The fourth-order valence-electron chi connectivity index (χ4n) is 0.947. The molecule has 0 amide bonds. The van der Waals surface area contributed by atoms with Crippen LogP contribution in [0, 0.1) is 0 Å². The Bertz CT molecular complexity index is 233. The van der Waals surface area contributed by atoms with E-state index in [0.29, 0.717) is 0 Å². The summed E-state index contributed by atoms with van der Waals surface area (Å²) >= 11 is 0. The summed E-state index contributed by atoms with van der Waals surface area (Å²) < 4.78 is 0. The van der Waals surface area contributed by atoms with Gasteiger partial charge in [-0.05, 0) is 12.8 Å². The third kappa shape index (κ3) is 1.49. The van der Waals surface area contributed by atoms with E-state index in [0.717, 1.165) is 18.5 Å². The lowest BCUT2D eigenvalue weighted by atomic mass is 10.2. The summed E-state index contributed by atoms with van der Waals surface area (Å²) in [6, 6.07) is 0. The second kappa shape index (κ2) is 2.75. The van der Waals surface area contributed by atoms with Gasteiger partial charge in [-0.3, -0.25) is 9.97 Å². The van der Waals surface area contributed by atoms with Gasteiger partial charge in [-0.25, -0.2) is 0 Å². The molecule has 1 aromatic heterocycles. The minimum absolute atomic E-state index is 0. The van der Waals surface area contributed by atoms with E-state index in [9.17, 15) is 0 Å². The van der Waals surface area contributed by atoms with Crippen molar-refractivity contribution in [3.8, 4) is 0 Å². The molecule has 1 aliphatic carbocycles. The summed E-state index contributed by atoms with van der Waals surface area (Å²) in [6.45, 7) is 0. The molecule has 0 aliphatic heterocycles. The molecule has 1 aliphatic rings. The minimum atomic E-state index is -0.131. The van der Waals surface area contributed by atoms with Gasteiger partial charge in [-0.2, -0.15) is 0 Å². The maximum atomic E-state index is 5.87. The highest BCUT2D eigenvalue weighted by Gasteiger charge is 2.41. The first-order chi connectivity index (χ1) is 4.81. The Labute approximate surface area is 71.5 Å². The lowest BCUT2D eigenvalue weighted by Gasteiger charge is -2.04. The molecule has 0 bridgehead atoms. The van der Waals surface area contributed by atoms with Crippen molar-refractivity contribution < 1.29 is 0 Å². The van der Waals surface area contributed by atoms with E-state index in [4.69, 9.17) is 5.73 Å². The predicted molar refractivity (Wildman–Crippen MR) is 44.4 cm³/mol. The van der Waals surface area contributed by atoms with Crippen molar-refractivity contribution in [2.45, 2.75) is 18.4 Å². The van der Waals surface area contributed by atoms with Crippen LogP contribution in [0.2, 0.25) is 0 Å². The van der Waals surface area contributed by atoms with Crippen LogP contribution in [0.15, 0.2) is 18.6 Å². The zero-order valence-electron chi connectivity index (χ0n) is 6.03. The van der Waals surface area contributed by atoms with Gasteiger partial charge in [0.05, 0.1) is 17.4 Å². The van der Waals surface area contributed by atoms with E-state index in [1.54, 1.807) is 18.6 Å². The largest absolute Gasteiger partial charge is 0.320 e. The molecule has 4 heteroatoms. The van der Waals surface area contributed by atoms with Crippen LogP contribution in [0.1, 0.15) is 18.5 Å². The van der Waals surface area contributed by atoms with Crippen molar-refractivity contribution in [3.63, 3.8) is 0 Å². The number of nitrogens with two attached hydrogens (primary N) is 1. The van der Waals surface area contributed by atoms with Crippen LogP contribution in [-0.2, 0) is 5.54 Å². The second-order valence-corrected chi connectivity index (χ2v) is 2.75. The van der Waals surface area contributed by atoms with E-state index >= 15 is 0 Å². The van der Waals surface area contributed by atoms with Crippen LogP contribution in [0.5, 0.6) is 0 Å². The molecule has 3 nitrogen and oxygen atoms in total. The summed E-state index contributed by atoms with van der Waals surface area (Å²) in [7, 11) is 0. The molecule has 0 aromatic carbocycles. The van der Waals surface area contributed by atoms with Gasteiger partial charge >= 0.3 is 0 Å². The molecular weight excluding hydrogens is 162 g/mol. The maximum Gasteiger partial charge on any atom is 0.0785 e. The molecule has 1 fully saturated rings. The molecule has 1 heterocycles. The summed E-state index contributed by atoms with van der Waals surface area (Å²) in [4.78, 5) is 8.07. The number of aromatic nitrogens is 2. The van der Waals surface area contributed by atoms with E-state index < -0.39 is 0 Å². The van der Waals surface area contributed by atoms with Crippen LogP contribution in [0.3, 0.4) is 0 Å². The number of halogens is 1. The quantitative estimate of drug-likeness (QED) is 0.682. The molecule has 0 atom stereocenters. The summed E-state index contributed by atoms with van der Waals surface area (Å²) in [6.07, 6.45) is 7.18. The average molecular weight is 172 g/mol. The van der Waals surface area contributed by atoms with E-state index in [1.807, 2.05) is 0 Å². The molecule has 0 unspecified atom stereocenters. The smallest absolute Gasteiger partial charge is 0.0785 e. The standard InChI is InChI=1S/C7H9N3.ClH/c8-7(1-2-7)6-5-9-3-4-10-6;/h3-5H,1-2,8H2;1H. The van der Waals surface area contributed by atoms with Crippen LogP contribution < -0.4 is 5.73 Å². The van der Waals surface area contributed by atoms with Crippen molar-refractivity contribution >= 4 is 12.4 Å². The third-order valence-electron chi connectivity index (χ3n) is 1.86. The topological polar surface area (TPSA) is 51.8 Å². The lowest BCUT2D eigenvalue weighted by molar-refractivity contribution is 0.701. The SMILES string of the molecule is Cl.NC1(c2cnccn2)CC1. The monoisotopic (exact) mass is 171 g/mol. The van der Waals surface area contributed by atoms with Crippen LogP contribution in [-0.4, -0.2) is 9.97 Å². The Morgan fingerprint density at radius 1 is 1.36 bits per heavy atom. The van der Waals surface area contributed by atoms with Gasteiger partial charge in [0.15, 0.2) is 0 Å². The molecule has 11 heavy (non-hydrogen) atoms. The normalized spacial score (nSPS) is 18.6. The van der Waals surface area contributed by atoms with Gasteiger partial charge in [0.2, 0.25) is 0 Å². The summed E-state index contributed by atoms with van der Waals surface area (Å²) in [5.74, 6) is 0. The van der Waals surface area contributed by atoms with Gasteiger partial charge < -0.3 is 5.73 Å². The van der Waals surface area contributed by atoms with Gasteiger partial charge in [0, 0.05) is 12.4 Å². The second-order valence-electron chi connectivity index (χ2n) is 2.75. The van der Waals surface area contributed by atoms with E-state index in [2.05, 4.69) is 9.97 Å². The fraction of sp³-hybridized carbons (Fsp3) is 0.429. The van der Waals surface area contributed by atoms with Gasteiger partial charge in [-0.15, -0.1) is 12.4 Å². The molecule has 1 aromatic rings. The Hall–Kier alpha value is -0.670. The molecule has 0 spiro atoms. The first-order valence-corrected chi connectivity index (χ1v) is 3.37. The van der Waals surface area contributed by atoms with E-state index in [-0.39, 0.29) is 17.9 Å². The predicted octanol–water partition coefficient (Wildman–Crippen LogP) is 0.846. The molecule has 0 radical (unpaired) electrons. The zero-order valence-corrected chi connectivity index (χ0v) is 6.84. The van der Waals surface area contributed by atoms with Crippen LogP contribution in [0.4, 0.5) is 0 Å². The first-order valence-electron chi connectivity index (χ1n) is 3.37. The molecule has 60 valence electrons. The molecule has 2 N–H and O–H groups in total. The number of hydrogen-bond acceptors (Lipinski definition) is 3. The lowest BCUT2D eigenvalue weighted by Crippen LogP contribution is -2.20. The number of rotatable bonds is 1. The molecule has 0 saturated heterocycles. The van der Waals surface area contributed by atoms with Crippen LogP contribution in [0.25, 0.3) is 0 Å². The first kappa shape index (κ1) is 8.43.